The highest BCUT2D eigenvalue weighted by molar-refractivity contribution is 6.31. The SMILES string of the molecule is CCCCCCCCCC(NN)c1c(F)cccc1Cl. The van der Waals surface area contributed by atoms with Crippen molar-refractivity contribution in [3.63, 3.8) is 0 Å². The summed E-state index contributed by atoms with van der Waals surface area (Å²) in [7, 11) is 0. The fourth-order valence-electron chi connectivity index (χ4n) is 2.46. The molecule has 0 aliphatic rings. The average Bonchev–Trinajstić information content (AvgIpc) is 2.44. The number of nitrogens with one attached hydrogen (secondary N) is 1. The van der Waals surface area contributed by atoms with Crippen LogP contribution in [0.4, 0.5) is 4.39 Å². The molecule has 114 valence electrons. The maximum absolute atomic E-state index is 13.8. The molecule has 1 unspecified atom stereocenters. The van der Waals surface area contributed by atoms with Crippen LogP contribution in [-0.2, 0) is 0 Å². The molecule has 0 aromatic heterocycles. The highest BCUT2D eigenvalue weighted by Crippen LogP contribution is 2.28. The van der Waals surface area contributed by atoms with Crippen LogP contribution < -0.4 is 11.3 Å². The van der Waals surface area contributed by atoms with Gasteiger partial charge in [0.1, 0.15) is 5.82 Å². The van der Waals surface area contributed by atoms with Crippen LogP contribution in [0.5, 0.6) is 0 Å². The van der Waals surface area contributed by atoms with Gasteiger partial charge in [0.25, 0.3) is 0 Å². The van der Waals surface area contributed by atoms with Gasteiger partial charge in [-0.15, -0.1) is 0 Å². The van der Waals surface area contributed by atoms with Crippen LogP contribution in [0.1, 0.15) is 69.9 Å². The van der Waals surface area contributed by atoms with E-state index in [4.69, 9.17) is 17.4 Å². The summed E-state index contributed by atoms with van der Waals surface area (Å²) in [5.74, 6) is 5.26. The molecule has 0 bridgehead atoms. The molecular weight excluding hydrogens is 275 g/mol. The number of unbranched alkanes of at least 4 members (excludes halogenated alkanes) is 6. The van der Waals surface area contributed by atoms with Gasteiger partial charge in [-0.3, -0.25) is 11.3 Å². The lowest BCUT2D eigenvalue weighted by Crippen LogP contribution is -2.29. The minimum Gasteiger partial charge on any atom is -0.271 e. The monoisotopic (exact) mass is 300 g/mol. The summed E-state index contributed by atoms with van der Waals surface area (Å²) < 4.78 is 13.8. The minimum absolute atomic E-state index is 0.209. The van der Waals surface area contributed by atoms with Crippen molar-refractivity contribution >= 4 is 11.6 Å². The molecule has 1 rings (SSSR count). The number of benzene rings is 1. The van der Waals surface area contributed by atoms with Crippen LogP contribution in [0.25, 0.3) is 0 Å². The van der Waals surface area contributed by atoms with Crippen LogP contribution in [0.3, 0.4) is 0 Å². The molecule has 3 N–H and O–H groups in total. The summed E-state index contributed by atoms with van der Waals surface area (Å²) in [6.07, 6.45) is 9.43. The van der Waals surface area contributed by atoms with Crippen LogP contribution in [0.15, 0.2) is 18.2 Å². The summed E-state index contributed by atoms with van der Waals surface area (Å²) >= 11 is 6.06. The summed E-state index contributed by atoms with van der Waals surface area (Å²) in [4.78, 5) is 0. The van der Waals surface area contributed by atoms with Crippen LogP contribution in [0.2, 0.25) is 5.02 Å². The Kier molecular flexibility index (Phi) is 8.83. The molecule has 1 aromatic rings. The number of rotatable bonds is 10. The summed E-state index contributed by atoms with van der Waals surface area (Å²) in [6, 6.07) is 4.53. The van der Waals surface area contributed by atoms with Crippen molar-refractivity contribution in [3.05, 3.63) is 34.6 Å². The van der Waals surface area contributed by atoms with Gasteiger partial charge in [0.15, 0.2) is 0 Å². The lowest BCUT2D eigenvalue weighted by Gasteiger charge is -2.18. The fourth-order valence-corrected chi connectivity index (χ4v) is 2.75. The molecule has 0 aliphatic carbocycles. The van der Waals surface area contributed by atoms with E-state index in [1.807, 2.05) is 0 Å². The van der Waals surface area contributed by atoms with E-state index in [-0.39, 0.29) is 11.9 Å². The molecule has 20 heavy (non-hydrogen) atoms. The fraction of sp³-hybridized carbons (Fsp3) is 0.625. The van der Waals surface area contributed by atoms with E-state index in [1.54, 1.807) is 12.1 Å². The summed E-state index contributed by atoms with van der Waals surface area (Å²) in [6.45, 7) is 2.22. The first kappa shape index (κ1) is 17.4. The number of hydrogen-bond acceptors (Lipinski definition) is 2. The second kappa shape index (κ2) is 10.1. The largest absolute Gasteiger partial charge is 0.271 e. The molecule has 0 spiro atoms. The molecule has 1 atom stereocenters. The Morgan fingerprint density at radius 1 is 1.15 bits per heavy atom. The van der Waals surface area contributed by atoms with Crippen molar-refractivity contribution in [1.29, 1.82) is 0 Å². The van der Waals surface area contributed by atoms with E-state index >= 15 is 0 Å². The third-order valence-electron chi connectivity index (χ3n) is 3.65. The van der Waals surface area contributed by atoms with Gasteiger partial charge in [0, 0.05) is 10.6 Å². The minimum atomic E-state index is -0.289. The second-order valence-corrected chi connectivity index (χ2v) is 5.67. The number of nitrogens with two attached hydrogens (primary N) is 1. The first-order valence-electron chi connectivity index (χ1n) is 7.60. The Balaban J connectivity index is 2.36. The normalized spacial score (nSPS) is 12.6. The van der Waals surface area contributed by atoms with Crippen molar-refractivity contribution in [2.75, 3.05) is 0 Å². The van der Waals surface area contributed by atoms with E-state index in [0.29, 0.717) is 10.6 Å². The van der Waals surface area contributed by atoms with Crippen LogP contribution in [0, 0.1) is 5.82 Å². The zero-order valence-corrected chi connectivity index (χ0v) is 13.1. The van der Waals surface area contributed by atoms with Crippen molar-refractivity contribution in [3.8, 4) is 0 Å². The standard InChI is InChI=1S/C16H26ClFN2/c1-2-3-4-5-6-7-8-12-15(20-19)16-13(17)10-9-11-14(16)18/h9-11,15,20H,2-8,12,19H2,1H3. The number of hydrogen-bond donors (Lipinski definition) is 2. The predicted octanol–water partition coefficient (Wildman–Crippen LogP) is 5.12. The van der Waals surface area contributed by atoms with Gasteiger partial charge in [0.05, 0.1) is 6.04 Å². The lowest BCUT2D eigenvalue weighted by atomic mass is 9.99. The number of halogens is 2. The maximum Gasteiger partial charge on any atom is 0.129 e. The maximum atomic E-state index is 13.8. The van der Waals surface area contributed by atoms with Gasteiger partial charge in [-0.1, -0.05) is 69.5 Å². The second-order valence-electron chi connectivity index (χ2n) is 5.26. The molecule has 0 amide bonds. The first-order valence-corrected chi connectivity index (χ1v) is 7.98. The molecule has 0 aliphatic heterocycles. The molecule has 4 heteroatoms. The van der Waals surface area contributed by atoms with Crippen molar-refractivity contribution in [2.45, 2.75) is 64.3 Å². The first-order chi connectivity index (χ1) is 9.70. The van der Waals surface area contributed by atoms with Crippen molar-refractivity contribution in [2.24, 2.45) is 5.84 Å². The van der Waals surface area contributed by atoms with Crippen molar-refractivity contribution < 1.29 is 4.39 Å². The third-order valence-corrected chi connectivity index (χ3v) is 3.98. The smallest absolute Gasteiger partial charge is 0.129 e. The summed E-state index contributed by atoms with van der Waals surface area (Å²) in [5.41, 5.74) is 3.18. The van der Waals surface area contributed by atoms with Crippen LogP contribution >= 0.6 is 11.6 Å². The molecule has 2 nitrogen and oxygen atoms in total. The molecule has 0 heterocycles. The molecule has 0 saturated heterocycles. The van der Waals surface area contributed by atoms with E-state index < -0.39 is 0 Å². The molecule has 0 radical (unpaired) electrons. The molecule has 0 fully saturated rings. The zero-order valence-electron chi connectivity index (χ0n) is 12.3. The molecule has 1 aromatic carbocycles. The van der Waals surface area contributed by atoms with E-state index in [1.165, 1.54) is 38.2 Å². The van der Waals surface area contributed by atoms with Gasteiger partial charge in [0.2, 0.25) is 0 Å². The highest BCUT2D eigenvalue weighted by atomic mass is 35.5. The average molecular weight is 301 g/mol. The number of hydrazine groups is 1. The Morgan fingerprint density at radius 2 is 1.80 bits per heavy atom. The Hall–Kier alpha value is -0.640. The summed E-state index contributed by atoms with van der Waals surface area (Å²) in [5, 5.41) is 0.441. The van der Waals surface area contributed by atoms with Crippen molar-refractivity contribution in [1.82, 2.24) is 5.43 Å². The van der Waals surface area contributed by atoms with Crippen LogP contribution in [-0.4, -0.2) is 0 Å². The Morgan fingerprint density at radius 3 is 2.40 bits per heavy atom. The van der Waals surface area contributed by atoms with Gasteiger partial charge < -0.3 is 0 Å². The van der Waals surface area contributed by atoms with E-state index in [9.17, 15) is 4.39 Å². The van der Waals surface area contributed by atoms with Gasteiger partial charge in [-0.2, -0.15) is 0 Å². The Labute approximate surface area is 126 Å². The lowest BCUT2D eigenvalue weighted by molar-refractivity contribution is 0.457. The molecular formula is C16H26ClFN2. The third kappa shape index (κ3) is 5.78. The molecule has 0 saturated carbocycles. The highest BCUT2D eigenvalue weighted by Gasteiger charge is 2.17. The zero-order chi connectivity index (χ0) is 14.8. The van der Waals surface area contributed by atoms with Gasteiger partial charge in [-0.25, -0.2) is 4.39 Å². The topological polar surface area (TPSA) is 38.0 Å². The van der Waals surface area contributed by atoms with Gasteiger partial charge >= 0.3 is 0 Å². The van der Waals surface area contributed by atoms with E-state index in [0.717, 1.165) is 19.3 Å². The van der Waals surface area contributed by atoms with E-state index in [2.05, 4.69) is 12.3 Å². The quantitative estimate of drug-likeness (QED) is 0.357. The van der Waals surface area contributed by atoms with Gasteiger partial charge in [-0.05, 0) is 18.6 Å². The Bertz CT molecular complexity index is 364. The predicted molar refractivity (Wildman–Crippen MR) is 84.1 cm³/mol.